The fourth-order valence-electron chi connectivity index (χ4n) is 3.14. The van der Waals surface area contributed by atoms with Gasteiger partial charge in [-0.1, -0.05) is 37.5 Å². The van der Waals surface area contributed by atoms with Gasteiger partial charge in [-0.25, -0.2) is 0 Å². The lowest BCUT2D eigenvalue weighted by molar-refractivity contribution is -0.143. The van der Waals surface area contributed by atoms with Crippen molar-refractivity contribution in [2.45, 2.75) is 51.1 Å². The van der Waals surface area contributed by atoms with Gasteiger partial charge in [0.05, 0.1) is 12.6 Å². The summed E-state index contributed by atoms with van der Waals surface area (Å²) in [6, 6.07) is 8.56. The lowest BCUT2D eigenvalue weighted by Crippen LogP contribution is -2.50. The molecule has 1 aromatic rings. The molecule has 0 saturated heterocycles. The molecule has 1 aromatic carbocycles. The molecule has 0 heterocycles. The van der Waals surface area contributed by atoms with Crippen LogP contribution in [-0.2, 0) is 14.4 Å². The van der Waals surface area contributed by atoms with Crippen LogP contribution in [0.1, 0.15) is 39.0 Å². The zero-order chi connectivity index (χ0) is 18.1. The highest BCUT2D eigenvalue weighted by atomic mass is 16.5. The molecule has 136 valence electrons. The molecule has 1 unspecified atom stereocenters. The third-order valence-corrected chi connectivity index (χ3v) is 4.57. The van der Waals surface area contributed by atoms with Crippen LogP contribution in [0.2, 0.25) is 0 Å². The van der Waals surface area contributed by atoms with Crippen molar-refractivity contribution in [3.63, 3.8) is 0 Å². The Kier molecular flexibility index (Phi) is 7.44. The van der Waals surface area contributed by atoms with Crippen LogP contribution in [0.3, 0.4) is 0 Å². The van der Waals surface area contributed by atoms with Gasteiger partial charge in [0, 0.05) is 6.04 Å². The van der Waals surface area contributed by atoms with Crippen LogP contribution < -0.4 is 10.1 Å². The molecule has 1 aliphatic rings. The molecule has 1 fully saturated rings. The average molecular weight is 346 g/mol. The maximum absolute atomic E-state index is 12.3. The molecule has 1 saturated carbocycles. The fourth-order valence-corrected chi connectivity index (χ4v) is 3.14. The first-order chi connectivity index (χ1) is 12.1. The summed E-state index contributed by atoms with van der Waals surface area (Å²) in [4.78, 5) is 37.3. The van der Waals surface area contributed by atoms with E-state index in [2.05, 4.69) is 5.32 Å². The van der Waals surface area contributed by atoms with Crippen LogP contribution in [0.4, 0.5) is 0 Å². The van der Waals surface area contributed by atoms with E-state index in [0.29, 0.717) is 12.2 Å². The molecule has 0 bridgehead atoms. The Labute approximate surface area is 148 Å². The van der Waals surface area contributed by atoms with Crippen LogP contribution in [0, 0.1) is 0 Å². The molecule has 25 heavy (non-hydrogen) atoms. The predicted molar refractivity (Wildman–Crippen MR) is 94.2 cm³/mol. The monoisotopic (exact) mass is 346 g/mol. The number of Topliss-reactive ketones (excluding diaryl/α,β-unsaturated/α-hetero) is 1. The van der Waals surface area contributed by atoms with E-state index in [0.717, 1.165) is 32.1 Å². The van der Waals surface area contributed by atoms with Crippen LogP contribution >= 0.6 is 0 Å². The number of benzene rings is 1. The van der Waals surface area contributed by atoms with E-state index in [4.69, 9.17) is 4.74 Å². The summed E-state index contributed by atoms with van der Waals surface area (Å²) in [5.74, 6) is -0.551. The SMILES string of the molecule is CC(C(=O)C(=O)NCCOc1ccccc1)N(C=O)C1CCCCC1. The first-order valence-electron chi connectivity index (χ1n) is 8.86. The Balaban J connectivity index is 1.77. The van der Waals surface area contributed by atoms with E-state index in [9.17, 15) is 14.4 Å². The second kappa shape index (κ2) is 9.81. The minimum atomic E-state index is -0.740. The first kappa shape index (κ1) is 19.0. The van der Waals surface area contributed by atoms with Gasteiger partial charge < -0.3 is 15.0 Å². The largest absolute Gasteiger partial charge is 0.492 e. The predicted octanol–water partition coefficient (Wildman–Crippen LogP) is 1.93. The Bertz CT molecular complexity index is 570. The molecular weight excluding hydrogens is 320 g/mol. The Hall–Kier alpha value is -2.37. The van der Waals surface area contributed by atoms with Gasteiger partial charge in [0.2, 0.25) is 12.2 Å². The van der Waals surface area contributed by atoms with E-state index < -0.39 is 17.7 Å². The van der Waals surface area contributed by atoms with Crippen molar-refractivity contribution in [3.05, 3.63) is 30.3 Å². The molecule has 0 spiro atoms. The topological polar surface area (TPSA) is 75.7 Å². The number of nitrogens with zero attached hydrogens (tertiary/aromatic N) is 1. The minimum Gasteiger partial charge on any atom is -0.492 e. The Morgan fingerprint density at radius 1 is 1.24 bits per heavy atom. The highest BCUT2D eigenvalue weighted by Gasteiger charge is 2.31. The summed E-state index contributed by atoms with van der Waals surface area (Å²) >= 11 is 0. The van der Waals surface area contributed by atoms with E-state index in [1.165, 1.54) is 4.90 Å². The van der Waals surface area contributed by atoms with E-state index in [1.807, 2.05) is 30.3 Å². The number of nitrogens with one attached hydrogen (secondary N) is 1. The van der Waals surface area contributed by atoms with E-state index in [1.54, 1.807) is 6.92 Å². The minimum absolute atomic E-state index is 0.0550. The lowest BCUT2D eigenvalue weighted by atomic mass is 9.93. The molecule has 1 atom stereocenters. The quantitative estimate of drug-likeness (QED) is 0.421. The zero-order valence-electron chi connectivity index (χ0n) is 14.6. The molecular formula is C19H26N2O4. The van der Waals surface area contributed by atoms with Gasteiger partial charge in [-0.3, -0.25) is 14.4 Å². The van der Waals surface area contributed by atoms with Crippen molar-refractivity contribution in [3.8, 4) is 5.75 Å². The first-order valence-corrected chi connectivity index (χ1v) is 8.86. The summed E-state index contributed by atoms with van der Waals surface area (Å²) in [5, 5.41) is 2.56. The standard InChI is InChI=1S/C19H26N2O4/c1-15(21(14-22)16-8-4-2-5-9-16)18(23)19(24)20-12-13-25-17-10-6-3-7-11-17/h3,6-7,10-11,14-16H,2,4-5,8-9,12-13H2,1H3,(H,20,24). The zero-order valence-corrected chi connectivity index (χ0v) is 14.6. The van der Waals surface area contributed by atoms with Gasteiger partial charge in [0.1, 0.15) is 12.4 Å². The molecule has 0 aliphatic heterocycles. The Morgan fingerprint density at radius 2 is 1.92 bits per heavy atom. The maximum atomic E-state index is 12.3. The van der Waals surface area contributed by atoms with Crippen LogP contribution in [0.25, 0.3) is 0 Å². The van der Waals surface area contributed by atoms with Gasteiger partial charge in [-0.2, -0.15) is 0 Å². The number of carbonyl (C=O) groups is 3. The summed E-state index contributed by atoms with van der Waals surface area (Å²) in [7, 11) is 0. The van der Waals surface area contributed by atoms with Crippen molar-refractivity contribution in [1.82, 2.24) is 10.2 Å². The number of hydrogen-bond donors (Lipinski definition) is 1. The highest BCUT2D eigenvalue weighted by molar-refractivity contribution is 6.38. The van der Waals surface area contributed by atoms with Crippen molar-refractivity contribution in [2.75, 3.05) is 13.2 Å². The second-order valence-corrected chi connectivity index (χ2v) is 6.30. The average Bonchev–Trinajstić information content (AvgIpc) is 2.66. The number of ketones is 1. The van der Waals surface area contributed by atoms with E-state index >= 15 is 0 Å². The van der Waals surface area contributed by atoms with Crippen molar-refractivity contribution >= 4 is 18.1 Å². The van der Waals surface area contributed by atoms with Crippen LogP contribution in [-0.4, -0.2) is 48.2 Å². The molecule has 2 rings (SSSR count). The third-order valence-electron chi connectivity index (χ3n) is 4.57. The summed E-state index contributed by atoms with van der Waals surface area (Å²) in [6.45, 7) is 2.12. The van der Waals surface area contributed by atoms with Crippen LogP contribution in [0.5, 0.6) is 5.75 Å². The number of hydrogen-bond acceptors (Lipinski definition) is 4. The summed E-state index contributed by atoms with van der Waals surface area (Å²) in [5.41, 5.74) is 0. The third kappa shape index (κ3) is 5.59. The molecule has 2 amide bonds. The van der Waals surface area contributed by atoms with Crippen molar-refractivity contribution < 1.29 is 19.1 Å². The molecule has 0 radical (unpaired) electrons. The van der Waals surface area contributed by atoms with Gasteiger partial charge >= 0.3 is 0 Å². The number of amides is 2. The summed E-state index contributed by atoms with van der Waals surface area (Å²) in [6.07, 6.45) is 5.75. The van der Waals surface area contributed by atoms with Gasteiger partial charge in [0.15, 0.2) is 0 Å². The van der Waals surface area contributed by atoms with E-state index in [-0.39, 0.29) is 19.2 Å². The molecule has 1 aliphatic carbocycles. The van der Waals surface area contributed by atoms with Gasteiger partial charge in [-0.15, -0.1) is 0 Å². The number of carbonyl (C=O) groups excluding carboxylic acids is 3. The van der Waals surface area contributed by atoms with Gasteiger partial charge in [0.25, 0.3) is 5.91 Å². The van der Waals surface area contributed by atoms with Crippen molar-refractivity contribution in [1.29, 1.82) is 0 Å². The summed E-state index contributed by atoms with van der Waals surface area (Å²) < 4.78 is 5.47. The maximum Gasteiger partial charge on any atom is 0.289 e. The number of ether oxygens (including phenoxy) is 1. The fraction of sp³-hybridized carbons (Fsp3) is 0.526. The molecule has 0 aromatic heterocycles. The smallest absolute Gasteiger partial charge is 0.289 e. The van der Waals surface area contributed by atoms with Gasteiger partial charge in [-0.05, 0) is 31.9 Å². The molecule has 6 nitrogen and oxygen atoms in total. The number of para-hydroxylation sites is 1. The normalized spacial score (nSPS) is 15.9. The lowest BCUT2D eigenvalue weighted by Gasteiger charge is -2.34. The van der Waals surface area contributed by atoms with Crippen molar-refractivity contribution in [2.24, 2.45) is 0 Å². The molecule has 6 heteroatoms. The Morgan fingerprint density at radius 3 is 2.56 bits per heavy atom. The highest BCUT2D eigenvalue weighted by Crippen LogP contribution is 2.23. The number of rotatable bonds is 9. The molecule has 1 N–H and O–H groups in total. The van der Waals surface area contributed by atoms with Crippen LogP contribution in [0.15, 0.2) is 30.3 Å². The second-order valence-electron chi connectivity index (χ2n) is 6.30.